The van der Waals surface area contributed by atoms with Crippen molar-refractivity contribution in [3.63, 3.8) is 0 Å². The van der Waals surface area contributed by atoms with E-state index in [1.807, 2.05) is 44.2 Å². The number of nitrogens with zero attached hydrogens (tertiary/aromatic N) is 1. The highest BCUT2D eigenvalue weighted by Crippen LogP contribution is 2.23. The summed E-state index contributed by atoms with van der Waals surface area (Å²) >= 11 is 5.86. The van der Waals surface area contributed by atoms with Crippen LogP contribution in [0.5, 0.6) is 0 Å². The molecule has 0 radical (unpaired) electrons. The van der Waals surface area contributed by atoms with Crippen LogP contribution in [-0.2, 0) is 0 Å². The minimum atomic E-state index is -0.307. The van der Waals surface area contributed by atoms with E-state index in [-0.39, 0.29) is 11.6 Å². The molecule has 0 bridgehead atoms. The predicted octanol–water partition coefficient (Wildman–Crippen LogP) is 4.86. The first-order chi connectivity index (χ1) is 11.0. The number of aryl methyl sites for hydroxylation is 2. The maximum atomic E-state index is 12.3. The average Bonchev–Trinajstić information content (AvgIpc) is 2.97. The lowest BCUT2D eigenvalue weighted by atomic mass is 10.1. The number of hydrogen-bond acceptors (Lipinski definition) is 3. The van der Waals surface area contributed by atoms with E-state index in [1.165, 1.54) is 0 Å². The Hall–Kier alpha value is -2.59. The van der Waals surface area contributed by atoms with E-state index >= 15 is 0 Å². The normalized spacial score (nSPS) is 10.6. The Morgan fingerprint density at radius 2 is 1.70 bits per heavy atom. The first-order valence-electron chi connectivity index (χ1n) is 7.13. The molecule has 116 valence electrons. The van der Waals surface area contributed by atoms with Gasteiger partial charge in [-0.05, 0) is 61.4 Å². The van der Waals surface area contributed by atoms with Crippen molar-refractivity contribution in [1.29, 1.82) is 0 Å². The molecule has 3 aromatic rings. The second-order valence-electron chi connectivity index (χ2n) is 5.41. The summed E-state index contributed by atoms with van der Waals surface area (Å²) < 4.78 is 5.24. The van der Waals surface area contributed by atoms with Gasteiger partial charge in [-0.15, -0.1) is 0 Å². The minimum Gasteiger partial charge on any atom is -0.355 e. The highest BCUT2D eigenvalue weighted by molar-refractivity contribution is 6.30. The van der Waals surface area contributed by atoms with Gasteiger partial charge < -0.3 is 9.84 Å². The largest absolute Gasteiger partial charge is 0.355 e. The Kier molecular flexibility index (Phi) is 4.17. The molecule has 0 aliphatic heterocycles. The van der Waals surface area contributed by atoms with Gasteiger partial charge >= 0.3 is 0 Å². The van der Waals surface area contributed by atoms with Crippen molar-refractivity contribution in [3.8, 4) is 11.3 Å². The molecule has 0 saturated carbocycles. The van der Waals surface area contributed by atoms with E-state index in [0.717, 1.165) is 22.4 Å². The fourth-order valence-electron chi connectivity index (χ4n) is 2.37. The van der Waals surface area contributed by atoms with Crippen LogP contribution in [0.15, 0.2) is 53.1 Å². The molecule has 1 amide bonds. The summed E-state index contributed by atoms with van der Waals surface area (Å²) in [5.74, 6) is 0.214. The second kappa shape index (κ2) is 6.26. The zero-order valence-electron chi connectivity index (χ0n) is 12.8. The van der Waals surface area contributed by atoms with E-state index in [0.29, 0.717) is 10.8 Å². The van der Waals surface area contributed by atoms with Gasteiger partial charge in [0, 0.05) is 22.3 Å². The molecule has 0 saturated heterocycles. The molecule has 0 aliphatic carbocycles. The fraction of sp³-hybridized carbons (Fsp3) is 0.111. The Balaban J connectivity index is 1.79. The van der Waals surface area contributed by atoms with Crippen LogP contribution in [-0.4, -0.2) is 11.1 Å². The first-order valence-corrected chi connectivity index (χ1v) is 7.51. The number of hydrogen-bond donors (Lipinski definition) is 1. The number of benzene rings is 2. The molecular weight excluding hydrogens is 312 g/mol. The molecular formula is C18H15ClN2O2. The van der Waals surface area contributed by atoms with Crippen molar-refractivity contribution in [3.05, 3.63) is 70.4 Å². The fourth-order valence-corrected chi connectivity index (χ4v) is 2.50. The summed E-state index contributed by atoms with van der Waals surface area (Å²) in [6.45, 7) is 3.97. The monoisotopic (exact) mass is 326 g/mol. The van der Waals surface area contributed by atoms with Crippen molar-refractivity contribution in [2.24, 2.45) is 0 Å². The zero-order valence-corrected chi connectivity index (χ0v) is 13.5. The van der Waals surface area contributed by atoms with Crippen LogP contribution in [0.25, 0.3) is 11.3 Å². The average molecular weight is 327 g/mol. The van der Waals surface area contributed by atoms with Gasteiger partial charge in [0.2, 0.25) is 0 Å². The van der Waals surface area contributed by atoms with E-state index in [1.54, 1.807) is 18.2 Å². The van der Waals surface area contributed by atoms with Gasteiger partial charge in [0.05, 0.1) is 0 Å². The summed E-state index contributed by atoms with van der Waals surface area (Å²) in [6.07, 6.45) is 0. The van der Waals surface area contributed by atoms with Crippen molar-refractivity contribution >= 4 is 23.2 Å². The maximum absolute atomic E-state index is 12.3. The number of anilines is 1. The summed E-state index contributed by atoms with van der Waals surface area (Å²) in [5, 5.41) is 7.31. The highest BCUT2D eigenvalue weighted by atomic mass is 35.5. The summed E-state index contributed by atoms with van der Waals surface area (Å²) in [7, 11) is 0. The number of amides is 1. The molecule has 4 nitrogen and oxygen atoms in total. The highest BCUT2D eigenvalue weighted by Gasteiger charge is 2.14. The van der Waals surface area contributed by atoms with Gasteiger partial charge in [-0.3, -0.25) is 4.79 Å². The lowest BCUT2D eigenvalue weighted by molar-refractivity contribution is 0.101. The van der Waals surface area contributed by atoms with E-state index < -0.39 is 0 Å². The summed E-state index contributed by atoms with van der Waals surface area (Å²) in [4.78, 5) is 12.3. The van der Waals surface area contributed by atoms with Crippen LogP contribution < -0.4 is 5.32 Å². The molecule has 1 heterocycles. The van der Waals surface area contributed by atoms with Crippen molar-refractivity contribution in [2.75, 3.05) is 5.32 Å². The molecule has 0 atom stereocenters. The Morgan fingerprint density at radius 3 is 2.35 bits per heavy atom. The molecule has 0 fully saturated rings. The maximum Gasteiger partial charge on any atom is 0.277 e. The lowest BCUT2D eigenvalue weighted by Crippen LogP contribution is -2.12. The van der Waals surface area contributed by atoms with Gasteiger partial charge in [0.15, 0.2) is 11.5 Å². The van der Waals surface area contributed by atoms with E-state index in [2.05, 4.69) is 10.5 Å². The zero-order chi connectivity index (χ0) is 16.4. The smallest absolute Gasteiger partial charge is 0.277 e. The summed E-state index contributed by atoms with van der Waals surface area (Å²) in [5.41, 5.74) is 3.95. The molecule has 0 aliphatic rings. The number of carbonyl (C=O) groups is 1. The Bertz CT molecular complexity index is 833. The molecule has 2 aromatic carbocycles. The Labute approximate surface area is 139 Å². The van der Waals surface area contributed by atoms with Crippen LogP contribution in [0.3, 0.4) is 0 Å². The molecule has 0 spiro atoms. The van der Waals surface area contributed by atoms with Crippen LogP contribution in [0.4, 0.5) is 5.69 Å². The topological polar surface area (TPSA) is 55.1 Å². The number of rotatable bonds is 3. The number of nitrogens with one attached hydrogen (secondary N) is 1. The third kappa shape index (κ3) is 3.60. The SMILES string of the molecule is Cc1cc(C)cc(NC(=O)c2cc(-c3ccc(Cl)cc3)on2)c1. The molecule has 5 heteroatoms. The first kappa shape index (κ1) is 15.3. The number of carbonyl (C=O) groups excluding carboxylic acids is 1. The molecule has 1 N–H and O–H groups in total. The van der Waals surface area contributed by atoms with Gasteiger partial charge in [-0.25, -0.2) is 0 Å². The third-order valence-electron chi connectivity index (χ3n) is 3.35. The van der Waals surface area contributed by atoms with Crippen molar-refractivity contribution < 1.29 is 9.32 Å². The lowest BCUT2D eigenvalue weighted by Gasteiger charge is -2.05. The van der Waals surface area contributed by atoms with Crippen LogP contribution in [0, 0.1) is 13.8 Å². The Morgan fingerprint density at radius 1 is 1.04 bits per heavy atom. The third-order valence-corrected chi connectivity index (χ3v) is 3.60. The van der Waals surface area contributed by atoms with E-state index in [4.69, 9.17) is 16.1 Å². The van der Waals surface area contributed by atoms with Gasteiger partial charge in [0.1, 0.15) is 0 Å². The molecule has 0 unspecified atom stereocenters. The van der Waals surface area contributed by atoms with Crippen molar-refractivity contribution in [1.82, 2.24) is 5.16 Å². The van der Waals surface area contributed by atoms with E-state index in [9.17, 15) is 4.79 Å². The number of halogens is 1. The second-order valence-corrected chi connectivity index (χ2v) is 5.85. The van der Waals surface area contributed by atoms with Crippen LogP contribution in [0.2, 0.25) is 5.02 Å². The minimum absolute atomic E-state index is 0.231. The molecule has 23 heavy (non-hydrogen) atoms. The number of aromatic nitrogens is 1. The standard InChI is InChI=1S/C18H15ClN2O2/c1-11-7-12(2)9-15(8-11)20-18(22)16-10-17(23-21-16)13-3-5-14(19)6-4-13/h3-10H,1-2H3,(H,20,22). The van der Waals surface area contributed by atoms with Crippen LogP contribution in [0.1, 0.15) is 21.6 Å². The van der Waals surface area contributed by atoms with Gasteiger partial charge in [-0.2, -0.15) is 0 Å². The van der Waals surface area contributed by atoms with Gasteiger partial charge in [-0.1, -0.05) is 22.8 Å². The summed E-state index contributed by atoms with van der Waals surface area (Å²) in [6, 6.07) is 14.6. The van der Waals surface area contributed by atoms with Crippen LogP contribution >= 0.6 is 11.6 Å². The molecule has 3 rings (SSSR count). The quantitative estimate of drug-likeness (QED) is 0.747. The molecule has 1 aromatic heterocycles. The predicted molar refractivity (Wildman–Crippen MR) is 90.8 cm³/mol. The van der Waals surface area contributed by atoms with Crippen molar-refractivity contribution in [2.45, 2.75) is 13.8 Å². The van der Waals surface area contributed by atoms with Gasteiger partial charge in [0.25, 0.3) is 5.91 Å².